The van der Waals surface area contributed by atoms with Crippen LogP contribution in [-0.4, -0.2) is 37.8 Å². The summed E-state index contributed by atoms with van der Waals surface area (Å²) in [5, 5.41) is 0. The number of benzene rings is 1. The van der Waals surface area contributed by atoms with E-state index in [0.29, 0.717) is 24.3 Å². The summed E-state index contributed by atoms with van der Waals surface area (Å²) in [4.78, 5) is 30.1. The fraction of sp³-hybridized carbons (Fsp3) is 0.450. The maximum Gasteiger partial charge on any atom is 0.315 e. The van der Waals surface area contributed by atoms with Crippen LogP contribution in [0.1, 0.15) is 37.7 Å². The molecule has 0 radical (unpaired) electrons. The molecule has 0 N–H and O–H groups in total. The van der Waals surface area contributed by atoms with Crippen molar-refractivity contribution < 1.29 is 19.1 Å². The summed E-state index contributed by atoms with van der Waals surface area (Å²) in [6.45, 7) is 2.37. The minimum absolute atomic E-state index is 0.0881. The van der Waals surface area contributed by atoms with Gasteiger partial charge in [-0.2, -0.15) is 0 Å². The fourth-order valence-electron chi connectivity index (χ4n) is 3.66. The number of allylic oxidation sites excluding steroid dienone is 2. The summed E-state index contributed by atoms with van der Waals surface area (Å²) < 4.78 is 11.3. The van der Waals surface area contributed by atoms with Crippen molar-refractivity contribution in [2.75, 3.05) is 20.3 Å². The van der Waals surface area contributed by atoms with Crippen molar-refractivity contribution in [3.05, 3.63) is 45.6 Å². The molecule has 2 aliphatic rings. The Bertz CT molecular complexity index is 767. The topological polar surface area (TPSA) is 65.0 Å². The molecule has 26 heavy (non-hydrogen) atoms. The molecule has 6 heteroatoms. The van der Waals surface area contributed by atoms with Crippen LogP contribution in [0.4, 0.5) is 0 Å². The molecule has 0 saturated heterocycles. The van der Waals surface area contributed by atoms with Crippen LogP contribution >= 0.6 is 15.9 Å². The first-order valence-corrected chi connectivity index (χ1v) is 9.54. The number of hydrogen-bond acceptors (Lipinski definition) is 5. The van der Waals surface area contributed by atoms with Crippen molar-refractivity contribution in [1.29, 1.82) is 0 Å². The van der Waals surface area contributed by atoms with Crippen LogP contribution in [0.2, 0.25) is 0 Å². The van der Waals surface area contributed by atoms with Crippen molar-refractivity contribution in [2.45, 2.75) is 32.1 Å². The number of ketones is 1. The predicted molar refractivity (Wildman–Crippen MR) is 102 cm³/mol. The molecule has 1 aromatic rings. The van der Waals surface area contributed by atoms with Crippen molar-refractivity contribution >= 4 is 33.4 Å². The highest BCUT2D eigenvalue weighted by Gasteiger charge is 2.43. The molecule has 2 atom stereocenters. The molecule has 0 bridgehead atoms. The third-order valence-electron chi connectivity index (χ3n) is 4.85. The number of ether oxygens (including phenoxy) is 2. The molecule has 1 unspecified atom stereocenters. The van der Waals surface area contributed by atoms with Gasteiger partial charge in [0.05, 0.1) is 6.61 Å². The maximum absolute atomic E-state index is 12.8. The highest BCUT2D eigenvalue weighted by molar-refractivity contribution is 9.10. The molecule has 0 aromatic heterocycles. The Morgan fingerprint density at radius 3 is 2.65 bits per heavy atom. The van der Waals surface area contributed by atoms with Crippen molar-refractivity contribution in [1.82, 2.24) is 0 Å². The van der Waals surface area contributed by atoms with Gasteiger partial charge in [0, 0.05) is 40.9 Å². The summed E-state index contributed by atoms with van der Waals surface area (Å²) >= 11 is 3.44. The molecule has 1 aliphatic carbocycles. The molecule has 1 aromatic carbocycles. The molecule has 138 valence electrons. The van der Waals surface area contributed by atoms with E-state index in [0.717, 1.165) is 28.6 Å². The number of rotatable bonds is 5. The van der Waals surface area contributed by atoms with Gasteiger partial charge in [-0.25, -0.2) is 0 Å². The largest absolute Gasteiger partial charge is 0.463 e. The van der Waals surface area contributed by atoms with Gasteiger partial charge in [-0.05, 0) is 37.5 Å². The lowest BCUT2D eigenvalue weighted by atomic mass is 9.72. The third kappa shape index (κ3) is 3.81. The second kappa shape index (κ2) is 8.27. The van der Waals surface area contributed by atoms with E-state index in [1.807, 2.05) is 31.2 Å². The van der Waals surface area contributed by atoms with E-state index in [9.17, 15) is 9.59 Å². The van der Waals surface area contributed by atoms with Gasteiger partial charge in [-0.15, -0.1) is 0 Å². The molecule has 0 fully saturated rings. The summed E-state index contributed by atoms with van der Waals surface area (Å²) in [6, 6.07) is 7.76. The molecule has 1 heterocycles. The van der Waals surface area contributed by atoms with Gasteiger partial charge in [-0.3, -0.25) is 14.6 Å². The lowest BCUT2D eigenvalue weighted by Gasteiger charge is -2.34. The average Bonchev–Trinajstić information content (AvgIpc) is 2.61. The zero-order valence-electron chi connectivity index (χ0n) is 15.0. The van der Waals surface area contributed by atoms with Crippen LogP contribution in [0.5, 0.6) is 0 Å². The minimum atomic E-state index is -0.589. The number of hydrogen-bond donors (Lipinski definition) is 0. The minimum Gasteiger partial charge on any atom is -0.463 e. The van der Waals surface area contributed by atoms with Gasteiger partial charge in [0.25, 0.3) is 0 Å². The summed E-state index contributed by atoms with van der Waals surface area (Å²) in [5.74, 6) is -1.21. The van der Waals surface area contributed by atoms with Crippen LogP contribution in [0, 0.1) is 5.92 Å². The van der Waals surface area contributed by atoms with Gasteiger partial charge in [0.15, 0.2) is 5.78 Å². The number of esters is 1. The number of carbonyl (C=O) groups is 2. The van der Waals surface area contributed by atoms with Crippen LogP contribution in [0.3, 0.4) is 0 Å². The lowest BCUT2D eigenvalue weighted by Crippen LogP contribution is -2.37. The van der Waals surface area contributed by atoms with Crippen LogP contribution in [0.15, 0.2) is 45.0 Å². The molecular formula is C20H22BrNO4. The summed E-state index contributed by atoms with van der Waals surface area (Å²) in [7, 11) is 1.56. The van der Waals surface area contributed by atoms with Gasteiger partial charge < -0.3 is 9.47 Å². The standard InChI is InChI=1S/C20H22BrNO4/c1-12-17(20(24)26-11-10-25-2)18(13-6-8-14(21)9-7-13)19-15(22-12)4-3-5-16(19)23/h6-9,17-18H,3-5,10-11H2,1-2H3/t17?,18-/m1/s1. The van der Waals surface area contributed by atoms with Crippen molar-refractivity contribution in [2.24, 2.45) is 10.9 Å². The zero-order chi connectivity index (χ0) is 18.7. The molecule has 0 spiro atoms. The van der Waals surface area contributed by atoms with Gasteiger partial charge in [0.2, 0.25) is 0 Å². The number of nitrogens with zero attached hydrogens (tertiary/aromatic N) is 1. The fourth-order valence-corrected chi connectivity index (χ4v) is 3.92. The predicted octanol–water partition coefficient (Wildman–Crippen LogP) is 3.82. The molecule has 5 nitrogen and oxygen atoms in total. The van der Waals surface area contributed by atoms with E-state index in [4.69, 9.17) is 9.47 Å². The Hall–Kier alpha value is -1.79. The summed E-state index contributed by atoms with van der Waals surface area (Å²) in [5.41, 5.74) is 3.14. The normalized spacial score (nSPS) is 22.7. The first-order chi connectivity index (χ1) is 12.5. The smallest absolute Gasteiger partial charge is 0.315 e. The molecule has 3 rings (SSSR count). The van der Waals surface area contributed by atoms with Crippen LogP contribution in [-0.2, 0) is 19.1 Å². The molecule has 0 amide bonds. The number of Topliss-reactive ketones (excluding diaryl/α,β-unsaturated/α-hetero) is 1. The van der Waals surface area contributed by atoms with E-state index < -0.39 is 5.92 Å². The first kappa shape index (κ1) is 19.0. The lowest BCUT2D eigenvalue weighted by molar-refractivity contribution is -0.147. The third-order valence-corrected chi connectivity index (χ3v) is 5.38. The van der Waals surface area contributed by atoms with Gasteiger partial charge >= 0.3 is 5.97 Å². The Balaban J connectivity index is 2.02. The monoisotopic (exact) mass is 419 g/mol. The molecular weight excluding hydrogens is 398 g/mol. The Morgan fingerprint density at radius 2 is 1.96 bits per heavy atom. The maximum atomic E-state index is 12.8. The Kier molecular flexibility index (Phi) is 6.04. The van der Waals surface area contributed by atoms with Crippen molar-refractivity contribution in [3.8, 4) is 0 Å². The van der Waals surface area contributed by atoms with E-state index in [1.54, 1.807) is 7.11 Å². The second-order valence-corrected chi connectivity index (χ2v) is 7.47. The highest BCUT2D eigenvalue weighted by atomic mass is 79.9. The van der Waals surface area contributed by atoms with Crippen molar-refractivity contribution in [3.63, 3.8) is 0 Å². The zero-order valence-corrected chi connectivity index (χ0v) is 16.5. The molecule has 0 saturated carbocycles. The first-order valence-electron chi connectivity index (χ1n) is 8.75. The highest BCUT2D eigenvalue weighted by Crippen LogP contribution is 2.43. The summed E-state index contributed by atoms with van der Waals surface area (Å²) in [6.07, 6.45) is 2.09. The van der Waals surface area contributed by atoms with Gasteiger partial charge in [0.1, 0.15) is 12.5 Å². The quantitative estimate of drug-likeness (QED) is 0.537. The Morgan fingerprint density at radius 1 is 1.23 bits per heavy atom. The van der Waals surface area contributed by atoms with Crippen LogP contribution in [0.25, 0.3) is 0 Å². The molecule has 1 aliphatic heterocycles. The SMILES string of the molecule is COCCOC(=O)C1C(C)=NC2=C(C(=O)CCC2)[C@@H]1c1ccc(Br)cc1. The van der Waals surface area contributed by atoms with E-state index in [1.165, 1.54) is 0 Å². The Labute approximate surface area is 161 Å². The average molecular weight is 420 g/mol. The van der Waals surface area contributed by atoms with E-state index in [2.05, 4.69) is 20.9 Å². The number of halogens is 1. The van der Waals surface area contributed by atoms with Crippen LogP contribution < -0.4 is 0 Å². The van der Waals surface area contributed by atoms with E-state index in [-0.39, 0.29) is 24.3 Å². The van der Waals surface area contributed by atoms with Gasteiger partial charge in [-0.1, -0.05) is 28.1 Å². The number of carbonyl (C=O) groups excluding carboxylic acids is 2. The second-order valence-electron chi connectivity index (χ2n) is 6.56. The van der Waals surface area contributed by atoms with E-state index >= 15 is 0 Å². The number of aliphatic imine (C=N–C) groups is 1. The number of methoxy groups -OCH3 is 1.